The third kappa shape index (κ3) is 2.87. The average molecular weight is 357 g/mol. The number of ketones is 1. The molecule has 1 heteroatoms. The molecule has 0 N–H and O–H groups in total. The summed E-state index contributed by atoms with van der Waals surface area (Å²) in [7, 11) is 0. The molecule has 8 atom stereocenters. The summed E-state index contributed by atoms with van der Waals surface area (Å²) in [4.78, 5) is 12.0. The highest BCUT2D eigenvalue weighted by atomic mass is 16.1. The van der Waals surface area contributed by atoms with Crippen molar-refractivity contribution in [3.05, 3.63) is 0 Å². The third-order valence-electron chi connectivity index (χ3n) is 9.89. The summed E-state index contributed by atoms with van der Waals surface area (Å²) in [5.74, 6) is 5.98. The number of hydrogen-bond donors (Lipinski definition) is 0. The van der Waals surface area contributed by atoms with Crippen molar-refractivity contribution >= 4 is 5.78 Å². The Bertz CT molecular complexity index is 548. The molecular formula is C25H40O. The summed E-state index contributed by atoms with van der Waals surface area (Å²) in [6, 6.07) is 0. The fourth-order valence-electron chi connectivity index (χ4n) is 8.31. The molecule has 1 nitrogen and oxygen atoms in total. The molecular weight excluding hydrogens is 316 g/mol. The molecule has 8 unspecified atom stereocenters. The zero-order valence-electron chi connectivity index (χ0n) is 17.6. The van der Waals surface area contributed by atoms with Crippen LogP contribution in [0.3, 0.4) is 0 Å². The molecule has 4 aliphatic carbocycles. The highest BCUT2D eigenvalue weighted by molar-refractivity contribution is 5.79. The molecule has 0 aromatic rings. The third-order valence-corrected chi connectivity index (χ3v) is 9.89. The highest BCUT2D eigenvalue weighted by Crippen LogP contribution is 2.68. The van der Waals surface area contributed by atoms with Crippen LogP contribution in [-0.2, 0) is 4.79 Å². The molecule has 146 valence electrons. The predicted molar refractivity (Wildman–Crippen MR) is 110 cm³/mol. The first-order valence-corrected chi connectivity index (χ1v) is 11.2. The van der Waals surface area contributed by atoms with E-state index in [0.717, 1.165) is 42.4 Å². The van der Waals surface area contributed by atoms with Gasteiger partial charge < -0.3 is 0 Å². The molecule has 0 aliphatic heterocycles. The Hall–Kier alpha value is -0.770. The SMILES string of the molecule is C#C.CCC(C)C1CCC2C3CCC4CC(=O)CCC4(C)C3CCC12C. The van der Waals surface area contributed by atoms with Gasteiger partial charge >= 0.3 is 0 Å². The van der Waals surface area contributed by atoms with Crippen LogP contribution in [0.15, 0.2) is 0 Å². The number of fused-ring (bicyclic) bond motifs is 5. The van der Waals surface area contributed by atoms with Crippen LogP contribution in [0, 0.1) is 59.2 Å². The van der Waals surface area contributed by atoms with E-state index in [4.69, 9.17) is 0 Å². The molecule has 4 fully saturated rings. The van der Waals surface area contributed by atoms with Gasteiger partial charge in [0.15, 0.2) is 0 Å². The molecule has 4 saturated carbocycles. The Morgan fingerprint density at radius 2 is 1.69 bits per heavy atom. The van der Waals surface area contributed by atoms with Crippen molar-refractivity contribution < 1.29 is 4.79 Å². The van der Waals surface area contributed by atoms with E-state index in [2.05, 4.69) is 40.5 Å². The summed E-state index contributed by atoms with van der Waals surface area (Å²) < 4.78 is 0. The van der Waals surface area contributed by atoms with E-state index in [1.165, 1.54) is 51.4 Å². The van der Waals surface area contributed by atoms with Gasteiger partial charge in [0.1, 0.15) is 5.78 Å². The van der Waals surface area contributed by atoms with Crippen molar-refractivity contribution in [3.8, 4) is 12.8 Å². The van der Waals surface area contributed by atoms with E-state index in [0.29, 0.717) is 22.5 Å². The number of carbonyl (C=O) groups excluding carboxylic acids is 1. The van der Waals surface area contributed by atoms with Crippen molar-refractivity contribution in [3.63, 3.8) is 0 Å². The van der Waals surface area contributed by atoms with Crippen LogP contribution in [-0.4, -0.2) is 5.78 Å². The van der Waals surface area contributed by atoms with Crippen LogP contribution in [0.25, 0.3) is 0 Å². The predicted octanol–water partition coefficient (Wildman–Crippen LogP) is 6.51. The zero-order chi connectivity index (χ0) is 19.1. The van der Waals surface area contributed by atoms with Crippen molar-refractivity contribution in [2.24, 2.45) is 46.3 Å². The maximum atomic E-state index is 12.0. The second kappa shape index (κ2) is 7.33. The first kappa shape index (κ1) is 20.0. The largest absolute Gasteiger partial charge is 0.300 e. The molecule has 0 saturated heterocycles. The van der Waals surface area contributed by atoms with Crippen molar-refractivity contribution in [2.75, 3.05) is 0 Å². The number of rotatable bonds is 2. The van der Waals surface area contributed by atoms with Gasteiger partial charge in [0, 0.05) is 12.8 Å². The van der Waals surface area contributed by atoms with Gasteiger partial charge in [0.05, 0.1) is 0 Å². The van der Waals surface area contributed by atoms with Crippen LogP contribution in [0.2, 0.25) is 0 Å². The minimum atomic E-state index is 0.479. The molecule has 0 radical (unpaired) electrons. The van der Waals surface area contributed by atoms with Crippen LogP contribution in [0.5, 0.6) is 0 Å². The normalized spacial score (nSPS) is 48.4. The lowest BCUT2D eigenvalue weighted by molar-refractivity contribution is -0.140. The van der Waals surface area contributed by atoms with Crippen molar-refractivity contribution in [1.82, 2.24) is 0 Å². The molecule has 4 rings (SSSR count). The van der Waals surface area contributed by atoms with Crippen molar-refractivity contribution in [1.29, 1.82) is 0 Å². The molecule has 0 aromatic heterocycles. The second-order valence-electron chi connectivity index (χ2n) is 10.5. The van der Waals surface area contributed by atoms with Gasteiger partial charge in [0.2, 0.25) is 0 Å². The van der Waals surface area contributed by atoms with Gasteiger partial charge in [-0.2, -0.15) is 0 Å². The maximum absolute atomic E-state index is 12.0. The fourth-order valence-corrected chi connectivity index (χ4v) is 8.31. The summed E-state index contributed by atoms with van der Waals surface area (Å²) in [5, 5.41) is 0. The van der Waals surface area contributed by atoms with E-state index in [-0.39, 0.29) is 0 Å². The Balaban J connectivity index is 0.000000948. The van der Waals surface area contributed by atoms with Crippen LogP contribution < -0.4 is 0 Å². The smallest absolute Gasteiger partial charge is 0.133 e. The number of carbonyl (C=O) groups is 1. The second-order valence-corrected chi connectivity index (χ2v) is 10.5. The topological polar surface area (TPSA) is 17.1 Å². The Morgan fingerprint density at radius 3 is 2.38 bits per heavy atom. The van der Waals surface area contributed by atoms with Crippen molar-refractivity contribution in [2.45, 2.75) is 91.9 Å². The summed E-state index contributed by atoms with van der Waals surface area (Å²) in [6.07, 6.45) is 21.0. The number of hydrogen-bond acceptors (Lipinski definition) is 1. The van der Waals surface area contributed by atoms with Gasteiger partial charge in [0.25, 0.3) is 0 Å². The summed E-state index contributed by atoms with van der Waals surface area (Å²) in [6.45, 7) is 10.1. The maximum Gasteiger partial charge on any atom is 0.133 e. The quantitative estimate of drug-likeness (QED) is 0.515. The van der Waals surface area contributed by atoms with E-state index in [1.807, 2.05) is 0 Å². The van der Waals surface area contributed by atoms with Crippen LogP contribution in [0.1, 0.15) is 91.9 Å². The first-order chi connectivity index (χ1) is 12.4. The van der Waals surface area contributed by atoms with Gasteiger partial charge in [-0.1, -0.05) is 34.1 Å². The minimum absolute atomic E-state index is 0.479. The van der Waals surface area contributed by atoms with Crippen LogP contribution >= 0.6 is 0 Å². The van der Waals surface area contributed by atoms with Gasteiger partial charge in [-0.3, -0.25) is 4.79 Å². The lowest BCUT2D eigenvalue weighted by Crippen LogP contribution is -2.53. The summed E-state index contributed by atoms with van der Waals surface area (Å²) in [5.41, 5.74) is 1.09. The Morgan fingerprint density at radius 1 is 1.00 bits per heavy atom. The lowest BCUT2D eigenvalue weighted by Gasteiger charge is -2.60. The minimum Gasteiger partial charge on any atom is -0.300 e. The molecule has 26 heavy (non-hydrogen) atoms. The van der Waals surface area contributed by atoms with Gasteiger partial charge in [-0.25, -0.2) is 0 Å². The van der Waals surface area contributed by atoms with E-state index < -0.39 is 0 Å². The first-order valence-electron chi connectivity index (χ1n) is 11.2. The average Bonchev–Trinajstić information content (AvgIpc) is 3.00. The molecule has 0 heterocycles. The zero-order valence-corrected chi connectivity index (χ0v) is 17.6. The van der Waals surface area contributed by atoms with Crippen LogP contribution in [0.4, 0.5) is 0 Å². The standard InChI is InChI=1S/C23H38O.C2H2/c1-5-15(2)19-8-9-20-18-7-6-16-14-17(24)10-12-22(16,3)21(18)11-13-23(19,20)4;1-2/h15-16,18-21H,5-14H2,1-4H3;1-2H. The van der Waals surface area contributed by atoms with E-state index in [1.54, 1.807) is 0 Å². The monoisotopic (exact) mass is 356 g/mol. The summed E-state index contributed by atoms with van der Waals surface area (Å²) >= 11 is 0. The van der Waals surface area contributed by atoms with Gasteiger partial charge in [-0.05, 0) is 91.3 Å². The molecule has 0 spiro atoms. The molecule has 0 bridgehead atoms. The molecule has 0 aromatic carbocycles. The highest BCUT2D eigenvalue weighted by Gasteiger charge is 2.60. The Kier molecular flexibility index (Phi) is 5.63. The molecule has 0 amide bonds. The fraction of sp³-hybridized carbons (Fsp3) is 0.880. The number of terminal acetylenes is 1. The van der Waals surface area contributed by atoms with E-state index in [9.17, 15) is 4.79 Å². The van der Waals surface area contributed by atoms with E-state index >= 15 is 0 Å². The molecule has 4 aliphatic rings. The Labute approximate surface area is 162 Å². The van der Waals surface area contributed by atoms with Gasteiger partial charge in [-0.15, -0.1) is 12.8 Å². The lowest BCUT2D eigenvalue weighted by atomic mass is 9.44. The number of Topliss-reactive ketones (excluding diaryl/α,β-unsaturated/α-hetero) is 1.